The van der Waals surface area contributed by atoms with E-state index in [0.29, 0.717) is 93.1 Å². The van der Waals surface area contributed by atoms with E-state index >= 15 is 0 Å². The largest absolute Gasteiger partial charge is 0.310 e. The second-order valence-corrected chi connectivity index (χ2v) is 22.2. The monoisotopic (exact) mass is 1170 g/mol. The molecule has 0 atom stereocenters. The van der Waals surface area contributed by atoms with Crippen LogP contribution < -0.4 is 0 Å². The topological polar surface area (TPSA) is 208 Å². The predicted molar refractivity (Wildman–Crippen MR) is 350 cm³/mol. The summed E-state index contributed by atoms with van der Waals surface area (Å²) in [5.41, 5.74) is 13.0. The Labute approximate surface area is 516 Å². The van der Waals surface area contributed by atoms with Gasteiger partial charge in [0, 0.05) is 77.3 Å². The van der Waals surface area contributed by atoms with Gasteiger partial charge in [0.15, 0.2) is 46.5 Å². The first-order chi connectivity index (χ1) is 43.7. The van der Waals surface area contributed by atoms with E-state index in [-0.39, 0.29) is 0 Å². The molecule has 18 nitrogen and oxygen atoms in total. The molecule has 430 valence electrons. The summed E-state index contributed by atoms with van der Waals surface area (Å²) in [6.07, 6.45) is 0. The van der Waals surface area contributed by atoms with Gasteiger partial charge in [0.2, 0.25) is 0 Å². The van der Waals surface area contributed by atoms with Crippen LogP contribution in [0, 0.1) is 62.0 Å². The molecule has 8 aromatic carbocycles. The lowest BCUT2D eigenvalue weighted by molar-refractivity contribution is 0.928. The average Bonchev–Trinajstić information content (AvgIpc) is 1.55. The Morgan fingerprint density at radius 1 is 0.256 bits per heavy atom. The number of aromatic nitrogens is 17. The van der Waals surface area contributed by atoms with E-state index in [2.05, 4.69) is 119 Å². The van der Waals surface area contributed by atoms with Crippen LogP contribution in [0.1, 0.15) is 46.6 Å². The van der Waals surface area contributed by atoms with Crippen LogP contribution in [0.25, 0.3) is 151 Å². The Morgan fingerprint density at radius 3 is 0.900 bits per heavy atom. The number of fused-ring (bicyclic) bond motifs is 6. The molecule has 0 radical (unpaired) electrons. The van der Waals surface area contributed by atoms with Crippen LogP contribution in [0.4, 0.5) is 5.69 Å². The molecule has 7 heterocycles. The fourth-order valence-corrected chi connectivity index (χ4v) is 12.1. The van der Waals surface area contributed by atoms with Gasteiger partial charge in [0.25, 0.3) is 0 Å². The molecule has 0 bridgehead atoms. The molecule has 0 aliphatic rings. The number of hydrogen-bond donors (Lipinski definition) is 0. The lowest BCUT2D eigenvalue weighted by Gasteiger charge is -2.20. The SMILES string of the molecule is [C-]#[N+]c1ccc(-c2cc(-c3nc(-c4ccccc4)nc(-c4ccccc4)n3)ccc2-n2c3ccc(-c4nc(C)nc(C)n4)cc3c3cc(-c4nc(C)nc(C)n4)ccc32)c(-n2c3ccc(-c4nc(C)nc(C)n4)cc3c3cc(-c4nc(C)nc(C)n4)ccc32)c1. The number of benzene rings is 8. The maximum atomic E-state index is 8.58. The van der Waals surface area contributed by atoms with Crippen LogP contribution in [0.3, 0.4) is 0 Å². The van der Waals surface area contributed by atoms with Gasteiger partial charge in [-0.2, -0.15) is 0 Å². The third kappa shape index (κ3) is 9.85. The highest BCUT2D eigenvalue weighted by molar-refractivity contribution is 6.14. The maximum Gasteiger partial charge on any atom is 0.189 e. The van der Waals surface area contributed by atoms with Crippen LogP contribution in [-0.4, -0.2) is 83.9 Å². The van der Waals surface area contributed by atoms with Crippen molar-refractivity contribution in [1.29, 1.82) is 0 Å². The Balaban J connectivity index is 1.04. The van der Waals surface area contributed by atoms with E-state index in [9.17, 15) is 0 Å². The lowest BCUT2D eigenvalue weighted by Crippen LogP contribution is -2.04. The maximum absolute atomic E-state index is 8.58. The van der Waals surface area contributed by atoms with Gasteiger partial charge in [-0.1, -0.05) is 72.8 Å². The number of hydrogen-bond acceptors (Lipinski definition) is 15. The van der Waals surface area contributed by atoms with Gasteiger partial charge >= 0.3 is 0 Å². The van der Waals surface area contributed by atoms with Gasteiger partial charge < -0.3 is 9.13 Å². The van der Waals surface area contributed by atoms with E-state index in [4.69, 9.17) is 61.4 Å². The highest BCUT2D eigenvalue weighted by Gasteiger charge is 2.25. The zero-order chi connectivity index (χ0) is 61.5. The quantitative estimate of drug-likeness (QED) is 0.117. The minimum absolute atomic E-state index is 0.448. The van der Waals surface area contributed by atoms with Crippen molar-refractivity contribution < 1.29 is 0 Å². The summed E-state index contributed by atoms with van der Waals surface area (Å²) >= 11 is 0. The molecule has 0 unspecified atom stereocenters. The molecule has 0 fully saturated rings. The molecule has 0 amide bonds. The molecule has 15 aromatic rings. The Kier molecular flexibility index (Phi) is 13.1. The third-order valence-corrected chi connectivity index (χ3v) is 15.8. The second-order valence-electron chi connectivity index (χ2n) is 22.2. The van der Waals surface area contributed by atoms with Crippen molar-refractivity contribution in [2.24, 2.45) is 0 Å². The molecule has 7 aromatic heterocycles. The van der Waals surface area contributed by atoms with Crippen LogP contribution in [0.2, 0.25) is 0 Å². The van der Waals surface area contributed by atoms with Gasteiger partial charge in [-0.25, -0.2) is 79.6 Å². The average molecular weight is 1170 g/mol. The minimum Gasteiger partial charge on any atom is -0.310 e. The summed E-state index contributed by atoms with van der Waals surface area (Å²) in [4.78, 5) is 76.2. The summed E-state index contributed by atoms with van der Waals surface area (Å²) in [7, 11) is 0. The lowest BCUT2D eigenvalue weighted by atomic mass is 9.97. The Hall–Kier alpha value is -12.1. The molecule has 18 heteroatoms. The summed E-state index contributed by atoms with van der Waals surface area (Å²) in [6, 6.07) is 57.5. The van der Waals surface area contributed by atoms with Crippen molar-refractivity contribution in [3.05, 3.63) is 228 Å². The van der Waals surface area contributed by atoms with Crippen LogP contribution in [-0.2, 0) is 0 Å². The van der Waals surface area contributed by atoms with E-state index in [1.165, 1.54) is 0 Å². The van der Waals surface area contributed by atoms with Crippen molar-refractivity contribution in [2.75, 3.05) is 0 Å². The number of aryl methyl sites for hydroxylation is 8. The molecule has 15 rings (SSSR count). The first kappa shape index (κ1) is 54.5. The van der Waals surface area contributed by atoms with E-state index in [1.54, 1.807) is 0 Å². The molecule has 0 saturated heterocycles. The highest BCUT2D eigenvalue weighted by Crippen LogP contribution is 2.45. The van der Waals surface area contributed by atoms with Gasteiger partial charge in [0.05, 0.1) is 34.3 Å². The van der Waals surface area contributed by atoms with E-state index < -0.39 is 0 Å². The molecule has 0 spiro atoms. The molecule has 90 heavy (non-hydrogen) atoms. The standard InChI is InChI=1S/C72H52N18/c1-38-74-39(2)79-68(78-38)48-20-28-61-56(33-48)57-34-49(69-80-40(3)75-41(4)81-69)21-29-62(57)89(61)60-27-24-52(72-87-66(46-16-12-10-13-17-46)86-67(88-72)47-18-14-11-15-19-47)32-55(60)54-26-25-53(73-9)37-65(54)90-63-30-22-50(70-82-42(5)76-43(6)83-70)35-58(63)59-36-51(23-31-64(59)90)71-84-44(7)77-45(8)85-71/h10-37H,1-8H3. The third-order valence-electron chi connectivity index (χ3n) is 15.8. The van der Waals surface area contributed by atoms with E-state index in [1.807, 2.05) is 140 Å². The normalized spacial score (nSPS) is 11.5. The van der Waals surface area contributed by atoms with Crippen LogP contribution >= 0.6 is 0 Å². The zero-order valence-corrected chi connectivity index (χ0v) is 50.2. The van der Waals surface area contributed by atoms with Crippen LogP contribution in [0.5, 0.6) is 0 Å². The van der Waals surface area contributed by atoms with E-state index in [0.717, 1.165) is 105 Å². The summed E-state index contributed by atoms with van der Waals surface area (Å²) in [5.74, 6) is 8.79. The van der Waals surface area contributed by atoms with Gasteiger partial charge in [0.1, 0.15) is 46.6 Å². The first-order valence-electron chi connectivity index (χ1n) is 29.2. The predicted octanol–water partition coefficient (Wildman–Crippen LogP) is 15.2. The fraction of sp³-hybridized carbons (Fsp3) is 0.111. The van der Waals surface area contributed by atoms with Gasteiger partial charge in [-0.05, 0) is 152 Å². The van der Waals surface area contributed by atoms with Crippen molar-refractivity contribution in [3.8, 4) is 102 Å². The van der Waals surface area contributed by atoms with Gasteiger partial charge in [-0.3, -0.25) is 0 Å². The highest BCUT2D eigenvalue weighted by atomic mass is 15.1. The summed E-state index contributed by atoms with van der Waals surface area (Å²) < 4.78 is 4.55. The number of rotatable bonds is 10. The second kappa shape index (κ2) is 21.7. The van der Waals surface area contributed by atoms with Gasteiger partial charge in [-0.15, -0.1) is 0 Å². The summed E-state index contributed by atoms with van der Waals surface area (Å²) in [6.45, 7) is 23.6. The molecule has 0 N–H and O–H groups in total. The zero-order valence-electron chi connectivity index (χ0n) is 50.2. The number of nitrogens with zero attached hydrogens (tertiary/aromatic N) is 18. The Bertz CT molecular complexity index is 5140. The van der Waals surface area contributed by atoms with Crippen LogP contribution in [0.15, 0.2) is 170 Å². The Morgan fingerprint density at radius 2 is 0.556 bits per heavy atom. The molecule has 0 aliphatic heterocycles. The minimum atomic E-state index is 0.448. The fourth-order valence-electron chi connectivity index (χ4n) is 12.1. The molecule has 0 saturated carbocycles. The smallest absolute Gasteiger partial charge is 0.189 e. The van der Waals surface area contributed by atoms with Crippen molar-refractivity contribution >= 4 is 49.3 Å². The van der Waals surface area contributed by atoms with Crippen molar-refractivity contribution in [2.45, 2.75) is 55.4 Å². The first-order valence-corrected chi connectivity index (χ1v) is 29.2. The van der Waals surface area contributed by atoms with Crippen molar-refractivity contribution in [1.82, 2.24) is 83.9 Å². The summed E-state index contributed by atoms with van der Waals surface area (Å²) in [5, 5.41) is 3.73. The molecular formula is C72H52N18. The van der Waals surface area contributed by atoms with Crippen molar-refractivity contribution in [3.63, 3.8) is 0 Å². The molecular weight excluding hydrogens is 1120 g/mol. The molecule has 0 aliphatic carbocycles.